The van der Waals surface area contributed by atoms with E-state index in [1.165, 1.54) is 47.7 Å². The Balaban J connectivity index is 1.41. The van der Waals surface area contributed by atoms with Gasteiger partial charge >= 0.3 is 0 Å². The zero-order valence-electron chi connectivity index (χ0n) is 12.0. The topological polar surface area (TPSA) is 24.9 Å². The molecule has 104 valence electrons. The fraction of sp³-hybridized carbons (Fsp3) is 0.812. The second-order valence-electron chi connectivity index (χ2n) is 6.88. The standard InChI is InChI=1S/C16H24N2S/c1-9-16(19-10(2)18-9)8-17-15-7-11-6-14(15)13-5-3-4-12(11)13/h11-15,17H,3-8H2,1-2H3. The Morgan fingerprint density at radius 3 is 2.79 bits per heavy atom. The van der Waals surface area contributed by atoms with Crippen LogP contribution < -0.4 is 5.32 Å². The van der Waals surface area contributed by atoms with Crippen LogP contribution in [0, 0.1) is 37.5 Å². The molecule has 3 heteroatoms. The molecule has 19 heavy (non-hydrogen) atoms. The molecule has 3 fully saturated rings. The van der Waals surface area contributed by atoms with Crippen molar-refractivity contribution in [3.05, 3.63) is 15.6 Å². The first-order chi connectivity index (χ1) is 9.22. The van der Waals surface area contributed by atoms with E-state index in [-0.39, 0.29) is 0 Å². The maximum atomic E-state index is 4.54. The molecule has 1 heterocycles. The van der Waals surface area contributed by atoms with Crippen molar-refractivity contribution in [2.75, 3.05) is 0 Å². The number of hydrogen-bond acceptors (Lipinski definition) is 3. The predicted molar refractivity (Wildman–Crippen MR) is 79.3 cm³/mol. The van der Waals surface area contributed by atoms with Gasteiger partial charge in [0.15, 0.2) is 0 Å². The summed E-state index contributed by atoms with van der Waals surface area (Å²) in [4.78, 5) is 5.98. The van der Waals surface area contributed by atoms with Gasteiger partial charge in [-0.2, -0.15) is 0 Å². The Hall–Kier alpha value is -0.410. The minimum absolute atomic E-state index is 0.797. The van der Waals surface area contributed by atoms with Gasteiger partial charge < -0.3 is 5.32 Å². The third-order valence-corrected chi connectivity index (χ3v) is 7.03. The van der Waals surface area contributed by atoms with Crippen LogP contribution in [0.3, 0.4) is 0 Å². The van der Waals surface area contributed by atoms with Crippen LogP contribution in [0.1, 0.15) is 47.7 Å². The van der Waals surface area contributed by atoms with Crippen LogP contribution in [0.15, 0.2) is 0 Å². The fourth-order valence-corrected chi connectivity index (χ4v) is 6.15. The SMILES string of the molecule is Cc1nc(C)c(CNC2CC3CC2C2CCCC32)s1. The van der Waals surface area contributed by atoms with Crippen LogP contribution in [0.4, 0.5) is 0 Å². The molecule has 0 radical (unpaired) electrons. The molecule has 3 aliphatic rings. The van der Waals surface area contributed by atoms with E-state index >= 15 is 0 Å². The van der Waals surface area contributed by atoms with Gasteiger partial charge in [-0.05, 0) is 63.2 Å². The van der Waals surface area contributed by atoms with E-state index in [4.69, 9.17) is 0 Å². The Morgan fingerprint density at radius 1 is 1.16 bits per heavy atom. The van der Waals surface area contributed by atoms with E-state index in [0.717, 1.165) is 36.3 Å². The summed E-state index contributed by atoms with van der Waals surface area (Å²) in [6.07, 6.45) is 7.52. The van der Waals surface area contributed by atoms with Gasteiger partial charge in [0.1, 0.15) is 0 Å². The summed E-state index contributed by atoms with van der Waals surface area (Å²) in [6, 6.07) is 0.797. The first-order valence-electron chi connectivity index (χ1n) is 7.88. The van der Waals surface area contributed by atoms with E-state index < -0.39 is 0 Å². The summed E-state index contributed by atoms with van der Waals surface area (Å²) in [6.45, 7) is 5.30. The number of fused-ring (bicyclic) bond motifs is 5. The molecule has 1 N–H and O–H groups in total. The molecule has 3 saturated carbocycles. The lowest BCUT2D eigenvalue weighted by Crippen LogP contribution is -2.38. The van der Waals surface area contributed by atoms with Crippen LogP contribution in [0.25, 0.3) is 0 Å². The lowest BCUT2D eigenvalue weighted by Gasteiger charge is -2.32. The van der Waals surface area contributed by atoms with Crippen LogP contribution in [-0.2, 0) is 6.54 Å². The zero-order valence-corrected chi connectivity index (χ0v) is 12.8. The van der Waals surface area contributed by atoms with Crippen molar-refractivity contribution < 1.29 is 0 Å². The molecule has 0 aromatic carbocycles. The Morgan fingerprint density at radius 2 is 2.00 bits per heavy atom. The van der Waals surface area contributed by atoms with Crippen molar-refractivity contribution in [3.63, 3.8) is 0 Å². The van der Waals surface area contributed by atoms with Crippen LogP contribution in [-0.4, -0.2) is 11.0 Å². The van der Waals surface area contributed by atoms with E-state index in [0.29, 0.717) is 0 Å². The van der Waals surface area contributed by atoms with E-state index in [1.807, 2.05) is 11.3 Å². The highest BCUT2D eigenvalue weighted by molar-refractivity contribution is 7.11. The molecule has 2 bridgehead atoms. The normalized spacial score (nSPS) is 40.0. The minimum atomic E-state index is 0.797. The smallest absolute Gasteiger partial charge is 0.0900 e. The molecule has 5 atom stereocenters. The van der Waals surface area contributed by atoms with Crippen molar-refractivity contribution in [2.45, 2.75) is 58.5 Å². The van der Waals surface area contributed by atoms with Crippen molar-refractivity contribution in [1.82, 2.24) is 10.3 Å². The molecule has 4 rings (SSSR count). The van der Waals surface area contributed by atoms with Crippen molar-refractivity contribution >= 4 is 11.3 Å². The Labute approximate surface area is 120 Å². The molecule has 1 aromatic rings. The first kappa shape index (κ1) is 12.3. The highest BCUT2D eigenvalue weighted by atomic mass is 32.1. The van der Waals surface area contributed by atoms with Gasteiger partial charge in [-0.3, -0.25) is 0 Å². The average molecular weight is 276 g/mol. The molecular formula is C16H24N2S. The Bertz CT molecular complexity index is 481. The number of thiazole rings is 1. The summed E-state index contributed by atoms with van der Waals surface area (Å²) in [5.41, 5.74) is 1.23. The summed E-state index contributed by atoms with van der Waals surface area (Å²) in [7, 11) is 0. The molecule has 3 aliphatic carbocycles. The second kappa shape index (κ2) is 4.56. The summed E-state index contributed by atoms with van der Waals surface area (Å²) < 4.78 is 0. The number of aryl methyl sites for hydroxylation is 2. The van der Waals surface area contributed by atoms with Gasteiger partial charge in [0.25, 0.3) is 0 Å². The lowest BCUT2D eigenvalue weighted by atomic mass is 9.79. The largest absolute Gasteiger partial charge is 0.309 e. The van der Waals surface area contributed by atoms with Gasteiger partial charge in [0.2, 0.25) is 0 Å². The highest BCUT2D eigenvalue weighted by Crippen LogP contribution is 2.58. The lowest BCUT2D eigenvalue weighted by molar-refractivity contribution is 0.208. The molecule has 5 unspecified atom stereocenters. The zero-order chi connectivity index (χ0) is 13.0. The number of aromatic nitrogens is 1. The van der Waals surface area contributed by atoms with Gasteiger partial charge in [-0.25, -0.2) is 4.98 Å². The van der Waals surface area contributed by atoms with Gasteiger partial charge in [0.05, 0.1) is 10.7 Å². The highest BCUT2D eigenvalue weighted by Gasteiger charge is 2.53. The maximum Gasteiger partial charge on any atom is 0.0900 e. The number of rotatable bonds is 3. The molecule has 0 saturated heterocycles. The fourth-order valence-electron chi connectivity index (χ4n) is 5.26. The quantitative estimate of drug-likeness (QED) is 0.911. The maximum absolute atomic E-state index is 4.54. The van der Waals surface area contributed by atoms with E-state index in [1.54, 1.807) is 0 Å². The number of hydrogen-bond donors (Lipinski definition) is 1. The summed E-state index contributed by atoms with van der Waals surface area (Å²) in [5, 5.41) is 5.07. The average Bonchev–Trinajstić information content (AvgIpc) is 3.07. The van der Waals surface area contributed by atoms with E-state index in [9.17, 15) is 0 Å². The van der Waals surface area contributed by atoms with Crippen molar-refractivity contribution in [2.24, 2.45) is 23.7 Å². The number of nitrogens with zero attached hydrogens (tertiary/aromatic N) is 1. The predicted octanol–water partition coefficient (Wildman–Crippen LogP) is 3.67. The molecule has 0 spiro atoms. The van der Waals surface area contributed by atoms with Crippen LogP contribution >= 0.6 is 11.3 Å². The minimum Gasteiger partial charge on any atom is -0.309 e. The van der Waals surface area contributed by atoms with Gasteiger partial charge in [-0.15, -0.1) is 11.3 Å². The monoisotopic (exact) mass is 276 g/mol. The number of nitrogens with one attached hydrogen (secondary N) is 1. The van der Waals surface area contributed by atoms with Gasteiger partial charge in [-0.1, -0.05) is 6.42 Å². The third kappa shape index (κ3) is 1.97. The molecule has 1 aromatic heterocycles. The van der Waals surface area contributed by atoms with Gasteiger partial charge in [0, 0.05) is 17.5 Å². The van der Waals surface area contributed by atoms with Crippen LogP contribution in [0.2, 0.25) is 0 Å². The summed E-state index contributed by atoms with van der Waals surface area (Å²) in [5.74, 6) is 4.22. The first-order valence-corrected chi connectivity index (χ1v) is 8.70. The molecule has 0 aliphatic heterocycles. The third-order valence-electron chi connectivity index (χ3n) is 5.95. The second-order valence-corrected chi connectivity index (χ2v) is 8.17. The van der Waals surface area contributed by atoms with Crippen molar-refractivity contribution in [3.8, 4) is 0 Å². The van der Waals surface area contributed by atoms with E-state index in [2.05, 4.69) is 24.1 Å². The molecular weight excluding hydrogens is 252 g/mol. The van der Waals surface area contributed by atoms with Crippen LogP contribution in [0.5, 0.6) is 0 Å². The molecule has 0 amide bonds. The van der Waals surface area contributed by atoms with Crippen molar-refractivity contribution in [1.29, 1.82) is 0 Å². The Kier molecular flexibility index (Phi) is 2.96. The summed E-state index contributed by atoms with van der Waals surface area (Å²) >= 11 is 1.86. The molecule has 2 nitrogen and oxygen atoms in total.